The van der Waals surface area contributed by atoms with Gasteiger partial charge in [-0.05, 0) is 92.7 Å². The first-order valence-corrected chi connectivity index (χ1v) is 12.3. The third-order valence-corrected chi connectivity index (χ3v) is 6.72. The van der Waals surface area contributed by atoms with Gasteiger partial charge < -0.3 is 10.1 Å². The summed E-state index contributed by atoms with van der Waals surface area (Å²) in [7, 11) is 0. The summed E-state index contributed by atoms with van der Waals surface area (Å²) in [6.45, 7) is 0.151. The van der Waals surface area contributed by atoms with Crippen LogP contribution in [0.2, 0.25) is 10.0 Å². The number of nitrogens with one attached hydrogen (secondary N) is 1. The summed E-state index contributed by atoms with van der Waals surface area (Å²) in [5.41, 5.74) is 1.61. The second kappa shape index (κ2) is 11.8. The fraction of sp³-hybridized carbons (Fsp3) is 0.0435. The van der Waals surface area contributed by atoms with Crippen LogP contribution in [0, 0.1) is 28.6 Å². The van der Waals surface area contributed by atoms with Gasteiger partial charge in [0.25, 0.3) is 11.6 Å². The Bertz CT molecular complexity index is 1330. The molecule has 0 aliphatic rings. The lowest BCUT2D eigenvalue weighted by Crippen LogP contribution is -2.13. The Labute approximate surface area is 232 Å². The van der Waals surface area contributed by atoms with E-state index in [0.717, 1.165) is 7.14 Å². The van der Waals surface area contributed by atoms with Crippen molar-refractivity contribution in [3.05, 3.63) is 98.6 Å². The van der Waals surface area contributed by atoms with Gasteiger partial charge >= 0.3 is 0 Å². The van der Waals surface area contributed by atoms with Crippen molar-refractivity contribution in [3.8, 4) is 11.8 Å². The van der Waals surface area contributed by atoms with Crippen molar-refractivity contribution in [2.24, 2.45) is 0 Å². The van der Waals surface area contributed by atoms with Crippen molar-refractivity contribution in [1.82, 2.24) is 0 Å². The molecule has 3 aromatic carbocycles. The molecule has 0 bridgehead atoms. The van der Waals surface area contributed by atoms with Gasteiger partial charge in [-0.25, -0.2) is 0 Å². The number of nitro groups is 1. The van der Waals surface area contributed by atoms with Crippen molar-refractivity contribution in [2.45, 2.75) is 6.61 Å². The Hall–Kier alpha value is -2.40. The van der Waals surface area contributed by atoms with Crippen LogP contribution < -0.4 is 10.1 Å². The number of anilines is 1. The zero-order valence-electron chi connectivity index (χ0n) is 17.0. The predicted molar refractivity (Wildman–Crippen MR) is 148 cm³/mol. The highest BCUT2D eigenvalue weighted by Crippen LogP contribution is 2.31. The first-order chi connectivity index (χ1) is 16.2. The maximum absolute atomic E-state index is 12.6. The smallest absolute Gasteiger partial charge is 0.269 e. The molecule has 0 aliphatic carbocycles. The number of carbonyl (C=O) groups excluding carboxylic acids is 1. The molecular weight excluding hydrogens is 707 g/mol. The van der Waals surface area contributed by atoms with Gasteiger partial charge in [0.05, 0.1) is 22.1 Å². The highest BCUT2D eigenvalue weighted by atomic mass is 127. The molecule has 0 aromatic heterocycles. The topological polar surface area (TPSA) is 105 Å². The third-order valence-electron chi connectivity index (χ3n) is 4.38. The molecule has 34 heavy (non-hydrogen) atoms. The SMILES string of the molecule is N#C/C(=C\c1cc(I)c(OCc2cccc([N+](=O)[O-])c2)c(I)c1)C(=O)Nc1ccc(Cl)c(Cl)c1. The van der Waals surface area contributed by atoms with Gasteiger partial charge in [0.15, 0.2) is 0 Å². The molecule has 0 fully saturated rings. The number of carbonyl (C=O) groups is 1. The molecule has 7 nitrogen and oxygen atoms in total. The average Bonchev–Trinajstić information content (AvgIpc) is 2.79. The molecule has 1 N–H and O–H groups in total. The van der Waals surface area contributed by atoms with Gasteiger partial charge in [0, 0.05) is 17.8 Å². The van der Waals surface area contributed by atoms with E-state index < -0.39 is 10.8 Å². The van der Waals surface area contributed by atoms with Crippen LogP contribution in [0.25, 0.3) is 6.08 Å². The number of non-ortho nitro benzene ring substituents is 1. The van der Waals surface area contributed by atoms with Crippen LogP contribution in [0.3, 0.4) is 0 Å². The van der Waals surface area contributed by atoms with Crippen LogP contribution in [0.15, 0.2) is 60.2 Å². The molecule has 0 saturated carbocycles. The Morgan fingerprint density at radius 2 is 1.82 bits per heavy atom. The normalized spacial score (nSPS) is 11.0. The zero-order valence-corrected chi connectivity index (χ0v) is 22.8. The molecule has 0 aliphatic heterocycles. The molecular formula is C23H13Cl2I2N3O4. The van der Waals surface area contributed by atoms with E-state index in [1.54, 1.807) is 36.4 Å². The summed E-state index contributed by atoms with van der Waals surface area (Å²) in [5, 5.41) is 23.7. The third kappa shape index (κ3) is 6.82. The molecule has 11 heteroatoms. The lowest BCUT2D eigenvalue weighted by molar-refractivity contribution is -0.384. The number of ether oxygens (including phenoxy) is 1. The lowest BCUT2D eigenvalue weighted by atomic mass is 10.1. The number of nitro benzene ring substituents is 1. The fourth-order valence-corrected chi connectivity index (χ4v) is 5.23. The van der Waals surface area contributed by atoms with Gasteiger partial charge in [0.1, 0.15) is 24.0 Å². The van der Waals surface area contributed by atoms with E-state index in [0.29, 0.717) is 27.6 Å². The summed E-state index contributed by atoms with van der Waals surface area (Å²) in [4.78, 5) is 23.1. The summed E-state index contributed by atoms with van der Waals surface area (Å²) in [6.07, 6.45) is 1.47. The van der Waals surface area contributed by atoms with Crippen molar-refractivity contribution >= 4 is 91.7 Å². The zero-order chi connectivity index (χ0) is 24.8. The molecule has 0 radical (unpaired) electrons. The second-order valence-electron chi connectivity index (χ2n) is 6.78. The summed E-state index contributed by atoms with van der Waals surface area (Å²) >= 11 is 16.0. The Balaban J connectivity index is 1.77. The first kappa shape index (κ1) is 26.2. The Morgan fingerprint density at radius 1 is 1.12 bits per heavy atom. The number of amides is 1. The molecule has 0 unspecified atom stereocenters. The highest BCUT2D eigenvalue weighted by Gasteiger charge is 2.14. The number of halogens is 4. The van der Waals surface area contributed by atoms with Gasteiger partial charge in [-0.2, -0.15) is 5.26 Å². The van der Waals surface area contributed by atoms with E-state index in [2.05, 4.69) is 50.5 Å². The molecule has 172 valence electrons. The van der Waals surface area contributed by atoms with E-state index in [1.807, 2.05) is 6.07 Å². The Kier molecular flexibility index (Phi) is 9.12. The number of nitriles is 1. The van der Waals surface area contributed by atoms with Crippen LogP contribution in [0.1, 0.15) is 11.1 Å². The average molecular weight is 720 g/mol. The highest BCUT2D eigenvalue weighted by molar-refractivity contribution is 14.1. The van der Waals surface area contributed by atoms with Gasteiger partial charge in [-0.1, -0.05) is 35.3 Å². The first-order valence-electron chi connectivity index (χ1n) is 9.41. The number of nitrogens with zero attached hydrogens (tertiary/aromatic N) is 2. The maximum atomic E-state index is 12.6. The monoisotopic (exact) mass is 719 g/mol. The minimum Gasteiger partial charge on any atom is -0.487 e. The molecule has 0 heterocycles. The van der Waals surface area contributed by atoms with Crippen LogP contribution in [0.4, 0.5) is 11.4 Å². The summed E-state index contributed by atoms with van der Waals surface area (Å²) in [6, 6.07) is 16.3. The van der Waals surface area contributed by atoms with Crippen LogP contribution in [0.5, 0.6) is 5.75 Å². The molecule has 1 amide bonds. The number of hydrogen-bond acceptors (Lipinski definition) is 5. The molecule has 3 aromatic rings. The van der Waals surface area contributed by atoms with E-state index in [-0.39, 0.29) is 22.9 Å². The molecule has 3 rings (SSSR count). The van der Waals surface area contributed by atoms with E-state index in [9.17, 15) is 20.2 Å². The molecule has 0 atom stereocenters. The van der Waals surface area contributed by atoms with Crippen molar-refractivity contribution in [1.29, 1.82) is 5.26 Å². The number of rotatable bonds is 7. The minimum absolute atomic E-state index is 0.00541. The van der Waals surface area contributed by atoms with E-state index in [1.165, 1.54) is 24.3 Å². The summed E-state index contributed by atoms with van der Waals surface area (Å²) < 4.78 is 7.40. The van der Waals surface area contributed by atoms with E-state index in [4.69, 9.17) is 27.9 Å². The van der Waals surface area contributed by atoms with Crippen molar-refractivity contribution in [2.75, 3.05) is 5.32 Å². The standard InChI is InChI=1S/C23H13Cl2I2N3O4/c24-18-5-4-16(10-19(18)25)29-23(31)15(11-28)6-14-8-20(26)22(21(27)9-14)34-12-13-2-1-3-17(7-13)30(32)33/h1-10H,12H2,(H,29,31)/b15-6+. The van der Waals surface area contributed by atoms with Crippen LogP contribution in [-0.2, 0) is 11.4 Å². The van der Waals surface area contributed by atoms with Gasteiger partial charge in [-0.3, -0.25) is 14.9 Å². The largest absolute Gasteiger partial charge is 0.487 e. The Morgan fingerprint density at radius 3 is 2.44 bits per heavy atom. The molecule has 0 saturated heterocycles. The van der Waals surface area contributed by atoms with E-state index >= 15 is 0 Å². The van der Waals surface area contributed by atoms with Crippen LogP contribution >= 0.6 is 68.4 Å². The quantitative estimate of drug-likeness (QED) is 0.0912. The fourth-order valence-electron chi connectivity index (χ4n) is 2.80. The predicted octanol–water partition coefficient (Wildman–Crippen LogP) is 7.24. The minimum atomic E-state index is -0.586. The van der Waals surface area contributed by atoms with Gasteiger partial charge in [0.2, 0.25) is 0 Å². The van der Waals surface area contributed by atoms with Crippen LogP contribution in [-0.4, -0.2) is 10.8 Å². The van der Waals surface area contributed by atoms with Crippen molar-refractivity contribution in [3.63, 3.8) is 0 Å². The number of benzene rings is 3. The number of hydrogen-bond donors (Lipinski definition) is 1. The van der Waals surface area contributed by atoms with Crippen molar-refractivity contribution < 1.29 is 14.5 Å². The maximum Gasteiger partial charge on any atom is 0.269 e. The van der Waals surface area contributed by atoms with Gasteiger partial charge in [-0.15, -0.1) is 0 Å². The molecule has 0 spiro atoms. The lowest BCUT2D eigenvalue weighted by Gasteiger charge is -2.12. The second-order valence-corrected chi connectivity index (χ2v) is 9.92. The summed E-state index contributed by atoms with van der Waals surface area (Å²) in [5.74, 6) is 0.0144.